The van der Waals surface area contributed by atoms with Gasteiger partial charge in [-0.1, -0.05) is 6.07 Å². The predicted molar refractivity (Wildman–Crippen MR) is 53.0 cm³/mol. The van der Waals surface area contributed by atoms with Crippen LogP contribution in [-0.2, 0) is 10.9 Å². The van der Waals surface area contributed by atoms with E-state index in [-0.39, 0.29) is 5.56 Å². The Labute approximate surface area is 95.6 Å². The van der Waals surface area contributed by atoms with Gasteiger partial charge in [-0.15, -0.1) is 0 Å². The van der Waals surface area contributed by atoms with Crippen LogP contribution < -0.4 is 5.32 Å². The van der Waals surface area contributed by atoms with E-state index in [9.17, 15) is 17.6 Å². The van der Waals surface area contributed by atoms with E-state index < -0.39 is 23.7 Å². The van der Waals surface area contributed by atoms with Crippen molar-refractivity contribution < 1.29 is 22.3 Å². The van der Waals surface area contributed by atoms with Gasteiger partial charge in [-0.05, 0) is 17.7 Å². The van der Waals surface area contributed by atoms with Crippen LogP contribution in [0.3, 0.4) is 0 Å². The zero-order chi connectivity index (χ0) is 12.5. The highest BCUT2D eigenvalue weighted by Crippen LogP contribution is 2.36. The number of morpholine rings is 1. The molecule has 1 aliphatic heterocycles. The normalized spacial score (nSPS) is 21.5. The van der Waals surface area contributed by atoms with Crippen LogP contribution in [0.2, 0.25) is 0 Å². The molecule has 94 valence electrons. The molecule has 1 aromatic rings. The fourth-order valence-electron chi connectivity index (χ4n) is 1.82. The van der Waals surface area contributed by atoms with Gasteiger partial charge in [-0.3, -0.25) is 0 Å². The summed E-state index contributed by atoms with van der Waals surface area (Å²) in [6, 6.07) is 2.66. The number of ether oxygens (including phenoxy) is 1. The Morgan fingerprint density at radius 1 is 1.29 bits per heavy atom. The number of benzene rings is 1. The highest BCUT2D eigenvalue weighted by molar-refractivity contribution is 5.32. The number of alkyl halides is 3. The average Bonchev–Trinajstić information content (AvgIpc) is 2.29. The zero-order valence-electron chi connectivity index (χ0n) is 8.85. The minimum atomic E-state index is -4.57. The highest BCUT2D eigenvalue weighted by Gasteiger charge is 2.36. The molecule has 1 unspecified atom stereocenters. The summed E-state index contributed by atoms with van der Waals surface area (Å²) in [5.41, 5.74) is -0.989. The first-order valence-corrected chi connectivity index (χ1v) is 5.17. The van der Waals surface area contributed by atoms with Gasteiger partial charge in [-0.2, -0.15) is 13.2 Å². The Kier molecular flexibility index (Phi) is 3.35. The van der Waals surface area contributed by atoms with Gasteiger partial charge in [0.05, 0.1) is 18.3 Å². The molecule has 2 rings (SSSR count). The van der Waals surface area contributed by atoms with E-state index in [2.05, 4.69) is 5.32 Å². The lowest BCUT2D eigenvalue weighted by molar-refractivity contribution is -0.140. The van der Waals surface area contributed by atoms with Crippen molar-refractivity contribution in [3.63, 3.8) is 0 Å². The Hall–Kier alpha value is -1.14. The molecule has 17 heavy (non-hydrogen) atoms. The van der Waals surface area contributed by atoms with E-state index in [1.807, 2.05) is 0 Å². The van der Waals surface area contributed by atoms with Crippen molar-refractivity contribution in [1.29, 1.82) is 0 Å². The van der Waals surface area contributed by atoms with E-state index in [4.69, 9.17) is 4.74 Å². The second-order valence-corrected chi connectivity index (χ2v) is 3.79. The molecule has 1 aromatic carbocycles. The van der Waals surface area contributed by atoms with Gasteiger partial charge in [0.1, 0.15) is 5.82 Å². The van der Waals surface area contributed by atoms with Crippen LogP contribution in [-0.4, -0.2) is 19.7 Å². The van der Waals surface area contributed by atoms with Crippen LogP contribution >= 0.6 is 0 Å². The van der Waals surface area contributed by atoms with Crippen LogP contribution in [0.25, 0.3) is 0 Å². The minimum Gasteiger partial charge on any atom is -0.371 e. The van der Waals surface area contributed by atoms with E-state index in [0.29, 0.717) is 25.8 Å². The van der Waals surface area contributed by atoms with Crippen molar-refractivity contribution in [2.24, 2.45) is 0 Å². The summed E-state index contributed by atoms with van der Waals surface area (Å²) in [6.45, 7) is 1.26. The lowest BCUT2D eigenvalue weighted by Gasteiger charge is -2.26. The Morgan fingerprint density at radius 2 is 2.06 bits per heavy atom. The van der Waals surface area contributed by atoms with E-state index >= 15 is 0 Å². The SMILES string of the molecule is Fc1ccc(C2CNCCO2)c(C(F)(F)F)c1. The van der Waals surface area contributed by atoms with Gasteiger partial charge < -0.3 is 10.1 Å². The van der Waals surface area contributed by atoms with E-state index in [1.54, 1.807) is 0 Å². The molecule has 0 saturated carbocycles. The second-order valence-electron chi connectivity index (χ2n) is 3.79. The van der Waals surface area contributed by atoms with Crippen molar-refractivity contribution in [1.82, 2.24) is 5.32 Å². The molecule has 0 spiro atoms. The topological polar surface area (TPSA) is 21.3 Å². The maximum atomic E-state index is 12.9. The summed E-state index contributed by atoms with van der Waals surface area (Å²) in [4.78, 5) is 0. The third-order valence-electron chi connectivity index (χ3n) is 2.60. The fourth-order valence-corrected chi connectivity index (χ4v) is 1.82. The summed E-state index contributed by atoms with van der Waals surface area (Å²) in [7, 11) is 0. The molecule has 0 bridgehead atoms. The fraction of sp³-hybridized carbons (Fsp3) is 0.455. The molecular formula is C11H11F4NO. The number of hydrogen-bond acceptors (Lipinski definition) is 2. The Morgan fingerprint density at radius 3 is 2.65 bits per heavy atom. The third kappa shape index (κ3) is 2.76. The molecule has 0 aliphatic carbocycles. The summed E-state index contributed by atoms with van der Waals surface area (Å²) < 4.78 is 56.4. The molecule has 1 aliphatic rings. The average molecular weight is 249 g/mol. The largest absolute Gasteiger partial charge is 0.416 e. The van der Waals surface area contributed by atoms with Gasteiger partial charge in [0.2, 0.25) is 0 Å². The maximum Gasteiger partial charge on any atom is 0.416 e. The van der Waals surface area contributed by atoms with Crippen LogP contribution in [0.4, 0.5) is 17.6 Å². The molecule has 1 saturated heterocycles. The van der Waals surface area contributed by atoms with Gasteiger partial charge in [-0.25, -0.2) is 4.39 Å². The molecule has 1 fully saturated rings. The maximum absolute atomic E-state index is 12.9. The lowest BCUT2D eigenvalue weighted by atomic mass is 10.0. The molecule has 1 heterocycles. The number of nitrogens with one attached hydrogen (secondary N) is 1. The smallest absolute Gasteiger partial charge is 0.371 e. The molecule has 0 amide bonds. The summed E-state index contributed by atoms with van der Waals surface area (Å²) >= 11 is 0. The van der Waals surface area contributed by atoms with Crippen LogP contribution in [0.1, 0.15) is 17.2 Å². The predicted octanol–water partition coefficient (Wildman–Crippen LogP) is 2.51. The quantitative estimate of drug-likeness (QED) is 0.772. The number of hydrogen-bond donors (Lipinski definition) is 1. The van der Waals surface area contributed by atoms with Gasteiger partial charge in [0, 0.05) is 13.1 Å². The van der Waals surface area contributed by atoms with Gasteiger partial charge >= 0.3 is 6.18 Å². The molecular weight excluding hydrogens is 238 g/mol. The standard InChI is InChI=1S/C11H11F4NO/c12-7-1-2-8(9(5-7)11(13,14)15)10-6-16-3-4-17-10/h1-2,5,10,16H,3-4,6H2. The number of rotatable bonds is 1. The van der Waals surface area contributed by atoms with Crippen molar-refractivity contribution in [2.45, 2.75) is 12.3 Å². The van der Waals surface area contributed by atoms with E-state index in [1.165, 1.54) is 0 Å². The van der Waals surface area contributed by atoms with Crippen molar-refractivity contribution in [2.75, 3.05) is 19.7 Å². The Balaban J connectivity index is 2.38. The second kappa shape index (κ2) is 4.62. The summed E-state index contributed by atoms with van der Waals surface area (Å²) in [5.74, 6) is -0.898. The van der Waals surface area contributed by atoms with Crippen molar-refractivity contribution in [3.8, 4) is 0 Å². The van der Waals surface area contributed by atoms with Crippen molar-refractivity contribution >= 4 is 0 Å². The molecule has 1 atom stereocenters. The first-order valence-electron chi connectivity index (χ1n) is 5.17. The monoisotopic (exact) mass is 249 g/mol. The summed E-state index contributed by atoms with van der Waals surface area (Å²) in [6.07, 6.45) is -5.25. The van der Waals surface area contributed by atoms with Gasteiger partial charge in [0.25, 0.3) is 0 Å². The first kappa shape index (κ1) is 12.3. The van der Waals surface area contributed by atoms with Crippen molar-refractivity contribution in [3.05, 3.63) is 35.1 Å². The van der Waals surface area contributed by atoms with Crippen LogP contribution in [0, 0.1) is 5.82 Å². The zero-order valence-corrected chi connectivity index (χ0v) is 8.85. The van der Waals surface area contributed by atoms with Gasteiger partial charge in [0.15, 0.2) is 0 Å². The Bertz CT molecular complexity index is 399. The first-order chi connectivity index (χ1) is 7.98. The summed E-state index contributed by atoms with van der Waals surface area (Å²) in [5, 5.41) is 2.94. The molecule has 2 nitrogen and oxygen atoms in total. The number of halogens is 4. The third-order valence-corrected chi connectivity index (χ3v) is 2.60. The minimum absolute atomic E-state index is 0.0221. The van der Waals surface area contributed by atoms with Crippen LogP contribution in [0.5, 0.6) is 0 Å². The molecule has 0 radical (unpaired) electrons. The highest BCUT2D eigenvalue weighted by atomic mass is 19.4. The van der Waals surface area contributed by atoms with E-state index in [0.717, 1.165) is 12.1 Å². The van der Waals surface area contributed by atoms with Crippen LogP contribution in [0.15, 0.2) is 18.2 Å². The molecule has 0 aromatic heterocycles. The molecule has 6 heteroatoms. The lowest BCUT2D eigenvalue weighted by Crippen LogP contribution is -2.34. The molecule has 1 N–H and O–H groups in total.